The quantitative estimate of drug-likeness (QED) is 0.301. The standard InChI is InChI=1S/C27H27FN4OS/c1-18(2)21-13-8-10-16-24(21)29-26(33)19(3)34-27-31-30-25(22-14-7-9-15-23(22)28)32(27)17-20-11-5-4-6-12-20/h4-16,18-19H,17H2,1-3H3,(H,29,33). The van der Waals surface area contributed by atoms with E-state index in [9.17, 15) is 9.18 Å². The van der Waals surface area contributed by atoms with Crippen molar-refractivity contribution in [3.8, 4) is 11.4 Å². The fourth-order valence-electron chi connectivity index (χ4n) is 3.69. The van der Waals surface area contributed by atoms with Gasteiger partial charge in [0.2, 0.25) is 5.91 Å². The Balaban J connectivity index is 1.61. The number of thioether (sulfide) groups is 1. The highest BCUT2D eigenvalue weighted by molar-refractivity contribution is 8.00. The minimum atomic E-state index is -0.438. The molecule has 1 atom stereocenters. The number of carbonyl (C=O) groups excluding carboxylic acids is 1. The van der Waals surface area contributed by atoms with Crippen molar-refractivity contribution in [3.05, 3.63) is 95.8 Å². The lowest BCUT2D eigenvalue weighted by atomic mass is 10.0. The largest absolute Gasteiger partial charge is 0.325 e. The molecule has 7 heteroatoms. The molecular formula is C27H27FN4OS. The summed E-state index contributed by atoms with van der Waals surface area (Å²) in [5, 5.41) is 11.8. The van der Waals surface area contributed by atoms with Crippen molar-refractivity contribution >= 4 is 23.4 Å². The molecule has 0 spiro atoms. The highest BCUT2D eigenvalue weighted by Gasteiger charge is 2.23. The molecular weight excluding hydrogens is 447 g/mol. The molecule has 0 saturated carbocycles. The van der Waals surface area contributed by atoms with Crippen LogP contribution >= 0.6 is 11.8 Å². The van der Waals surface area contributed by atoms with Gasteiger partial charge in [0.15, 0.2) is 11.0 Å². The first-order valence-electron chi connectivity index (χ1n) is 11.2. The molecule has 5 nitrogen and oxygen atoms in total. The van der Waals surface area contributed by atoms with Gasteiger partial charge in [0.1, 0.15) is 5.82 Å². The normalized spacial score (nSPS) is 12.0. The van der Waals surface area contributed by atoms with Crippen LogP contribution in [0.3, 0.4) is 0 Å². The van der Waals surface area contributed by atoms with E-state index in [1.807, 2.05) is 66.1 Å². The number of hydrogen-bond donors (Lipinski definition) is 1. The molecule has 1 heterocycles. The Morgan fingerprint density at radius 1 is 0.941 bits per heavy atom. The van der Waals surface area contributed by atoms with Gasteiger partial charge >= 0.3 is 0 Å². The number of halogens is 1. The molecule has 1 N–H and O–H groups in total. The van der Waals surface area contributed by atoms with Gasteiger partial charge in [-0.15, -0.1) is 10.2 Å². The zero-order chi connectivity index (χ0) is 24.1. The third-order valence-corrected chi connectivity index (χ3v) is 6.59. The summed E-state index contributed by atoms with van der Waals surface area (Å²) in [7, 11) is 0. The Hall–Kier alpha value is -3.45. The van der Waals surface area contributed by atoms with Gasteiger partial charge in [-0.1, -0.05) is 86.3 Å². The number of anilines is 1. The van der Waals surface area contributed by atoms with Gasteiger partial charge in [-0.3, -0.25) is 9.36 Å². The molecule has 0 aliphatic carbocycles. The number of amides is 1. The maximum atomic E-state index is 14.6. The minimum Gasteiger partial charge on any atom is -0.325 e. The van der Waals surface area contributed by atoms with Crippen molar-refractivity contribution in [2.24, 2.45) is 0 Å². The Kier molecular flexibility index (Phi) is 7.43. The second-order valence-corrected chi connectivity index (χ2v) is 9.66. The smallest absolute Gasteiger partial charge is 0.237 e. The molecule has 0 radical (unpaired) electrons. The summed E-state index contributed by atoms with van der Waals surface area (Å²) >= 11 is 1.31. The second-order valence-electron chi connectivity index (χ2n) is 8.35. The minimum absolute atomic E-state index is 0.125. The van der Waals surface area contributed by atoms with Gasteiger partial charge in [0.25, 0.3) is 0 Å². The fourth-order valence-corrected chi connectivity index (χ4v) is 4.53. The summed E-state index contributed by atoms with van der Waals surface area (Å²) in [6, 6.07) is 24.2. The van der Waals surface area contributed by atoms with E-state index in [0.29, 0.717) is 23.1 Å². The van der Waals surface area contributed by atoms with E-state index in [1.165, 1.54) is 17.8 Å². The highest BCUT2D eigenvalue weighted by atomic mass is 32.2. The van der Waals surface area contributed by atoms with Crippen molar-refractivity contribution in [3.63, 3.8) is 0 Å². The highest BCUT2D eigenvalue weighted by Crippen LogP contribution is 2.30. The Morgan fingerprint density at radius 3 is 2.35 bits per heavy atom. The summed E-state index contributed by atoms with van der Waals surface area (Å²) in [4.78, 5) is 13.0. The van der Waals surface area contributed by atoms with Crippen molar-refractivity contribution < 1.29 is 9.18 Å². The van der Waals surface area contributed by atoms with Crippen LogP contribution in [-0.4, -0.2) is 25.9 Å². The molecule has 4 aromatic rings. The molecule has 0 saturated heterocycles. The molecule has 1 aromatic heterocycles. The lowest BCUT2D eigenvalue weighted by molar-refractivity contribution is -0.115. The van der Waals surface area contributed by atoms with Crippen LogP contribution in [0.5, 0.6) is 0 Å². The average Bonchev–Trinajstić information content (AvgIpc) is 3.21. The zero-order valence-electron chi connectivity index (χ0n) is 19.4. The number of benzene rings is 3. The molecule has 4 rings (SSSR count). The van der Waals surface area contributed by atoms with Crippen LogP contribution in [0, 0.1) is 5.82 Å². The van der Waals surface area contributed by atoms with Gasteiger partial charge < -0.3 is 5.32 Å². The van der Waals surface area contributed by atoms with Gasteiger partial charge in [-0.2, -0.15) is 0 Å². The van der Waals surface area contributed by atoms with E-state index < -0.39 is 5.25 Å². The topological polar surface area (TPSA) is 59.8 Å². The predicted molar refractivity (Wildman–Crippen MR) is 135 cm³/mol. The van der Waals surface area contributed by atoms with Crippen LogP contribution in [-0.2, 0) is 11.3 Å². The molecule has 3 aromatic carbocycles. The molecule has 0 bridgehead atoms. The number of carbonyl (C=O) groups is 1. The summed E-state index contributed by atoms with van der Waals surface area (Å²) in [6.07, 6.45) is 0. The molecule has 0 aliphatic heterocycles. The maximum Gasteiger partial charge on any atom is 0.237 e. The lowest BCUT2D eigenvalue weighted by Gasteiger charge is -2.17. The van der Waals surface area contributed by atoms with Crippen LogP contribution in [0.1, 0.15) is 37.8 Å². The van der Waals surface area contributed by atoms with Crippen LogP contribution in [0.15, 0.2) is 84.0 Å². The van der Waals surface area contributed by atoms with Gasteiger partial charge in [0, 0.05) is 5.69 Å². The van der Waals surface area contributed by atoms with Crippen molar-refractivity contribution in [2.45, 2.75) is 43.6 Å². The van der Waals surface area contributed by atoms with E-state index in [2.05, 4.69) is 29.4 Å². The number of aromatic nitrogens is 3. The molecule has 0 aliphatic rings. The summed E-state index contributed by atoms with van der Waals surface area (Å²) in [5.41, 5.74) is 3.31. The van der Waals surface area contributed by atoms with Gasteiger partial charge in [-0.05, 0) is 42.2 Å². The maximum absolute atomic E-state index is 14.6. The van der Waals surface area contributed by atoms with E-state index in [0.717, 1.165) is 16.8 Å². The van der Waals surface area contributed by atoms with Crippen molar-refractivity contribution in [1.29, 1.82) is 0 Å². The monoisotopic (exact) mass is 474 g/mol. The number of nitrogens with one attached hydrogen (secondary N) is 1. The number of nitrogens with zero attached hydrogens (tertiary/aromatic N) is 3. The Labute approximate surface area is 203 Å². The Morgan fingerprint density at radius 2 is 1.62 bits per heavy atom. The van der Waals surface area contributed by atoms with E-state index in [1.54, 1.807) is 18.2 Å². The first-order chi connectivity index (χ1) is 16.4. The van der Waals surface area contributed by atoms with Crippen molar-refractivity contribution in [2.75, 3.05) is 5.32 Å². The first kappa shape index (κ1) is 23.7. The summed E-state index contributed by atoms with van der Waals surface area (Å²) in [6.45, 7) is 6.49. The molecule has 34 heavy (non-hydrogen) atoms. The Bertz CT molecular complexity index is 1270. The molecule has 174 valence electrons. The predicted octanol–water partition coefficient (Wildman–Crippen LogP) is 6.38. The third kappa shape index (κ3) is 5.37. The second kappa shape index (κ2) is 10.7. The number of para-hydroxylation sites is 1. The SMILES string of the molecule is CC(Sc1nnc(-c2ccccc2F)n1Cc1ccccc1)C(=O)Nc1ccccc1C(C)C. The number of rotatable bonds is 8. The van der Waals surface area contributed by atoms with E-state index >= 15 is 0 Å². The fraction of sp³-hybridized carbons (Fsp3) is 0.222. The van der Waals surface area contributed by atoms with Crippen LogP contribution in [0.4, 0.5) is 10.1 Å². The molecule has 1 amide bonds. The van der Waals surface area contributed by atoms with Crippen LogP contribution in [0.2, 0.25) is 0 Å². The van der Waals surface area contributed by atoms with Crippen LogP contribution < -0.4 is 5.32 Å². The van der Waals surface area contributed by atoms with Gasteiger partial charge in [-0.25, -0.2) is 4.39 Å². The van der Waals surface area contributed by atoms with Gasteiger partial charge in [0.05, 0.1) is 17.4 Å². The zero-order valence-corrected chi connectivity index (χ0v) is 20.2. The molecule has 0 fully saturated rings. The van der Waals surface area contributed by atoms with Crippen LogP contribution in [0.25, 0.3) is 11.4 Å². The third-order valence-electron chi connectivity index (χ3n) is 5.51. The summed E-state index contributed by atoms with van der Waals surface area (Å²) in [5.74, 6) is 0.232. The van der Waals surface area contributed by atoms with Crippen molar-refractivity contribution in [1.82, 2.24) is 14.8 Å². The average molecular weight is 475 g/mol. The van der Waals surface area contributed by atoms with E-state index in [-0.39, 0.29) is 17.6 Å². The first-order valence-corrected chi connectivity index (χ1v) is 12.1. The lowest BCUT2D eigenvalue weighted by Crippen LogP contribution is -2.23. The molecule has 1 unspecified atom stereocenters. The summed E-state index contributed by atoms with van der Waals surface area (Å²) < 4.78 is 16.5. The van der Waals surface area contributed by atoms with E-state index in [4.69, 9.17) is 0 Å². The number of hydrogen-bond acceptors (Lipinski definition) is 4.